The molecule has 0 bridgehead atoms. The van der Waals surface area contributed by atoms with Gasteiger partial charge in [0.05, 0.1) is 5.02 Å². The smallest absolute Gasteiger partial charge is 0.246 e. The van der Waals surface area contributed by atoms with Gasteiger partial charge in [-0.1, -0.05) is 11.6 Å². The summed E-state index contributed by atoms with van der Waals surface area (Å²) in [4.78, 5) is -0.443. The van der Waals surface area contributed by atoms with Gasteiger partial charge >= 0.3 is 0 Å². The minimum Gasteiger partial charge on any atom is -0.399 e. The molecule has 4 nitrogen and oxygen atoms in total. The Hall–Kier alpha value is -0.850. The molecule has 0 aromatic heterocycles. The van der Waals surface area contributed by atoms with E-state index in [1.807, 2.05) is 0 Å². The Labute approximate surface area is 111 Å². The summed E-state index contributed by atoms with van der Waals surface area (Å²) in [5, 5.41) is -0.277. The molecule has 1 atom stereocenters. The van der Waals surface area contributed by atoms with Crippen LogP contribution in [0.2, 0.25) is 5.02 Å². The fourth-order valence-electron chi connectivity index (χ4n) is 2.16. The second-order valence-electron chi connectivity index (χ2n) is 4.42. The topological polar surface area (TPSA) is 63.4 Å². The standard InChI is InChI=1S/C11H14ClFN2O2S/c1-7-3-2-4-15(7)18(16,17)10-6-8(14)5-9(12)11(10)13/h5-7H,2-4,14H2,1H3. The highest BCUT2D eigenvalue weighted by molar-refractivity contribution is 7.89. The molecule has 18 heavy (non-hydrogen) atoms. The average molecular weight is 293 g/mol. The van der Waals surface area contributed by atoms with Crippen molar-refractivity contribution in [3.05, 3.63) is 23.0 Å². The average Bonchev–Trinajstić information content (AvgIpc) is 2.70. The van der Waals surface area contributed by atoms with E-state index in [0.29, 0.717) is 6.54 Å². The van der Waals surface area contributed by atoms with E-state index in [4.69, 9.17) is 17.3 Å². The van der Waals surface area contributed by atoms with E-state index in [1.165, 1.54) is 10.4 Å². The maximum Gasteiger partial charge on any atom is 0.246 e. The van der Waals surface area contributed by atoms with Crippen molar-refractivity contribution in [1.82, 2.24) is 4.31 Å². The van der Waals surface area contributed by atoms with Gasteiger partial charge in [-0.3, -0.25) is 0 Å². The van der Waals surface area contributed by atoms with Gasteiger partial charge in [0, 0.05) is 18.3 Å². The molecule has 1 unspecified atom stereocenters. The van der Waals surface area contributed by atoms with Crippen LogP contribution in [-0.2, 0) is 10.0 Å². The zero-order valence-corrected chi connectivity index (χ0v) is 11.4. The van der Waals surface area contributed by atoms with Crippen LogP contribution in [0.15, 0.2) is 17.0 Å². The molecule has 2 rings (SSSR count). The summed E-state index contributed by atoms with van der Waals surface area (Å²) in [5.74, 6) is -0.940. The van der Waals surface area contributed by atoms with Crippen molar-refractivity contribution in [2.75, 3.05) is 12.3 Å². The first-order chi connectivity index (χ1) is 8.34. The molecular weight excluding hydrogens is 279 g/mol. The Morgan fingerprint density at radius 1 is 1.50 bits per heavy atom. The molecule has 1 aliphatic rings. The predicted molar refractivity (Wildman–Crippen MR) is 68.4 cm³/mol. The molecule has 2 N–H and O–H groups in total. The molecule has 1 fully saturated rings. The van der Waals surface area contributed by atoms with Crippen LogP contribution in [0.5, 0.6) is 0 Å². The fourth-order valence-corrected chi connectivity index (χ4v) is 4.27. The third kappa shape index (κ3) is 2.20. The summed E-state index contributed by atoms with van der Waals surface area (Å²) in [6.07, 6.45) is 1.55. The molecule has 0 amide bonds. The SMILES string of the molecule is CC1CCCN1S(=O)(=O)c1cc(N)cc(Cl)c1F. The number of sulfonamides is 1. The van der Waals surface area contributed by atoms with Crippen LogP contribution in [0.4, 0.5) is 10.1 Å². The van der Waals surface area contributed by atoms with Gasteiger partial charge in [-0.25, -0.2) is 12.8 Å². The largest absolute Gasteiger partial charge is 0.399 e. The number of hydrogen-bond acceptors (Lipinski definition) is 3. The number of nitrogens with two attached hydrogens (primary N) is 1. The Morgan fingerprint density at radius 3 is 2.72 bits per heavy atom. The maximum atomic E-state index is 13.9. The van der Waals surface area contributed by atoms with Gasteiger partial charge in [-0.05, 0) is 31.9 Å². The summed E-state index contributed by atoms with van der Waals surface area (Å²) in [5.41, 5.74) is 5.66. The molecule has 1 saturated heterocycles. The third-order valence-corrected chi connectivity index (χ3v) is 5.38. The Morgan fingerprint density at radius 2 is 2.17 bits per heavy atom. The van der Waals surface area contributed by atoms with Crippen molar-refractivity contribution >= 4 is 27.3 Å². The van der Waals surface area contributed by atoms with Gasteiger partial charge in [0.2, 0.25) is 10.0 Å². The summed E-state index contributed by atoms with van der Waals surface area (Å²) in [7, 11) is -3.87. The van der Waals surface area contributed by atoms with E-state index < -0.39 is 20.7 Å². The molecule has 0 radical (unpaired) electrons. The first-order valence-electron chi connectivity index (χ1n) is 5.60. The van der Waals surface area contributed by atoms with Gasteiger partial charge in [0.1, 0.15) is 4.90 Å². The minimum atomic E-state index is -3.87. The van der Waals surface area contributed by atoms with E-state index in [0.717, 1.165) is 18.9 Å². The van der Waals surface area contributed by atoms with Crippen molar-refractivity contribution < 1.29 is 12.8 Å². The molecule has 1 aromatic carbocycles. The summed E-state index contributed by atoms with van der Waals surface area (Å²) in [6.45, 7) is 2.20. The number of benzene rings is 1. The molecule has 1 aliphatic heterocycles. The van der Waals surface area contributed by atoms with E-state index >= 15 is 0 Å². The predicted octanol–water partition coefficient (Wildman–Crippen LogP) is 2.23. The van der Waals surface area contributed by atoms with Crippen LogP contribution in [0.3, 0.4) is 0 Å². The summed E-state index contributed by atoms with van der Waals surface area (Å²) < 4.78 is 39.8. The lowest BCUT2D eigenvalue weighted by Gasteiger charge is -2.21. The van der Waals surface area contributed by atoms with Crippen LogP contribution < -0.4 is 5.73 Å². The molecule has 1 heterocycles. The van der Waals surface area contributed by atoms with Crippen LogP contribution in [0, 0.1) is 5.82 Å². The van der Waals surface area contributed by atoms with Crippen molar-refractivity contribution in [3.8, 4) is 0 Å². The molecule has 0 spiro atoms. The second kappa shape index (κ2) is 4.68. The molecule has 1 aromatic rings. The third-order valence-electron chi connectivity index (χ3n) is 3.10. The quantitative estimate of drug-likeness (QED) is 0.850. The molecule has 0 aliphatic carbocycles. The van der Waals surface area contributed by atoms with Crippen molar-refractivity contribution in [2.24, 2.45) is 0 Å². The fraction of sp³-hybridized carbons (Fsp3) is 0.455. The number of anilines is 1. The van der Waals surface area contributed by atoms with Crippen LogP contribution >= 0.6 is 11.6 Å². The summed E-state index contributed by atoms with van der Waals surface area (Å²) in [6, 6.07) is 2.18. The highest BCUT2D eigenvalue weighted by atomic mass is 35.5. The monoisotopic (exact) mass is 292 g/mol. The second-order valence-corrected chi connectivity index (χ2v) is 6.69. The maximum absolute atomic E-state index is 13.9. The first-order valence-corrected chi connectivity index (χ1v) is 7.42. The number of nitrogens with zero attached hydrogens (tertiary/aromatic N) is 1. The molecule has 7 heteroatoms. The van der Waals surface area contributed by atoms with Crippen molar-refractivity contribution in [2.45, 2.75) is 30.7 Å². The van der Waals surface area contributed by atoms with Gasteiger partial charge in [0.25, 0.3) is 0 Å². The Balaban J connectivity index is 2.54. The highest BCUT2D eigenvalue weighted by Gasteiger charge is 2.35. The number of rotatable bonds is 2. The zero-order valence-electron chi connectivity index (χ0n) is 9.86. The van der Waals surface area contributed by atoms with Crippen molar-refractivity contribution in [3.63, 3.8) is 0 Å². The Kier molecular flexibility index (Phi) is 3.53. The highest BCUT2D eigenvalue weighted by Crippen LogP contribution is 2.31. The lowest BCUT2D eigenvalue weighted by molar-refractivity contribution is 0.405. The van der Waals surface area contributed by atoms with Gasteiger partial charge in [0.15, 0.2) is 5.82 Å². The van der Waals surface area contributed by atoms with E-state index in [1.54, 1.807) is 6.92 Å². The van der Waals surface area contributed by atoms with E-state index in [9.17, 15) is 12.8 Å². The number of nitrogen functional groups attached to an aromatic ring is 1. The number of hydrogen-bond donors (Lipinski definition) is 1. The van der Waals surface area contributed by atoms with Crippen molar-refractivity contribution in [1.29, 1.82) is 0 Å². The Bertz CT molecular complexity index is 577. The van der Waals surface area contributed by atoms with Crippen LogP contribution in [0.1, 0.15) is 19.8 Å². The van der Waals surface area contributed by atoms with Gasteiger partial charge in [-0.2, -0.15) is 4.31 Å². The minimum absolute atomic E-state index is 0.130. The van der Waals surface area contributed by atoms with Gasteiger partial charge < -0.3 is 5.73 Å². The van der Waals surface area contributed by atoms with Gasteiger partial charge in [-0.15, -0.1) is 0 Å². The molecular formula is C11H14ClFN2O2S. The molecule has 100 valence electrons. The molecule has 0 saturated carbocycles. The normalized spacial score (nSPS) is 21.4. The first kappa shape index (κ1) is 13.6. The van der Waals surface area contributed by atoms with Crippen LogP contribution in [-0.4, -0.2) is 25.3 Å². The number of halogens is 2. The lowest BCUT2D eigenvalue weighted by Crippen LogP contribution is -2.34. The summed E-state index contributed by atoms with van der Waals surface area (Å²) >= 11 is 5.63. The van der Waals surface area contributed by atoms with E-state index in [-0.39, 0.29) is 16.8 Å². The van der Waals surface area contributed by atoms with Crippen LogP contribution in [0.25, 0.3) is 0 Å². The lowest BCUT2D eigenvalue weighted by atomic mass is 10.3. The van der Waals surface area contributed by atoms with E-state index in [2.05, 4.69) is 0 Å². The zero-order chi connectivity index (χ0) is 13.5.